The van der Waals surface area contributed by atoms with Crippen LogP contribution in [0.2, 0.25) is 0 Å². The van der Waals surface area contributed by atoms with E-state index in [1.54, 1.807) is 0 Å². The van der Waals surface area contributed by atoms with Crippen molar-refractivity contribution >= 4 is 8.60 Å². The Kier molecular flexibility index (Phi) is 6.81. The maximum absolute atomic E-state index is 6.26. The third-order valence-electron chi connectivity index (χ3n) is 5.63. The van der Waals surface area contributed by atoms with Gasteiger partial charge in [0.1, 0.15) is 5.75 Å². The molecule has 0 aromatic heterocycles. The molecule has 148 valence electrons. The Balaban J connectivity index is 2.23. The Labute approximate surface area is 161 Å². The van der Waals surface area contributed by atoms with Gasteiger partial charge in [0.25, 0.3) is 0 Å². The van der Waals surface area contributed by atoms with Crippen molar-refractivity contribution in [2.45, 2.75) is 85.5 Å². The van der Waals surface area contributed by atoms with Crippen LogP contribution in [0.25, 0.3) is 0 Å². The van der Waals surface area contributed by atoms with Crippen LogP contribution in [0.5, 0.6) is 5.75 Å². The van der Waals surface area contributed by atoms with E-state index in [0.29, 0.717) is 6.61 Å². The zero-order chi connectivity index (χ0) is 19.6. The summed E-state index contributed by atoms with van der Waals surface area (Å²) in [6.07, 6.45) is 3.27. The summed E-state index contributed by atoms with van der Waals surface area (Å²) in [5, 5.41) is 0. The molecule has 0 bridgehead atoms. The summed E-state index contributed by atoms with van der Waals surface area (Å²) in [6.45, 7) is 19.3. The van der Waals surface area contributed by atoms with Crippen LogP contribution < -0.4 is 4.52 Å². The van der Waals surface area contributed by atoms with Gasteiger partial charge < -0.3 is 13.6 Å². The molecular weight excluding hydrogens is 343 g/mol. The predicted molar refractivity (Wildman–Crippen MR) is 111 cm³/mol. The largest absolute Gasteiger partial charge is 0.426 e. The first-order valence-electron chi connectivity index (χ1n) is 9.90. The molecule has 4 heteroatoms. The van der Waals surface area contributed by atoms with Crippen molar-refractivity contribution < 1.29 is 13.6 Å². The Hall–Kier alpha value is -0.630. The summed E-state index contributed by atoms with van der Waals surface area (Å²) in [5.74, 6) is 0.886. The molecule has 1 aromatic carbocycles. The average Bonchev–Trinajstić information content (AvgIpc) is 2.76. The Morgan fingerprint density at radius 2 is 1.65 bits per heavy atom. The maximum Gasteiger partial charge on any atom is 0.397 e. The van der Waals surface area contributed by atoms with Crippen LogP contribution in [0.15, 0.2) is 18.2 Å². The normalized spacial score (nSPS) is 21.3. The molecule has 1 saturated heterocycles. The minimum Gasteiger partial charge on any atom is -0.426 e. The minimum atomic E-state index is -1.35. The first kappa shape index (κ1) is 21.7. The Bertz CT molecular complexity index is 594. The van der Waals surface area contributed by atoms with Gasteiger partial charge in [-0.1, -0.05) is 67.5 Å². The van der Waals surface area contributed by atoms with Crippen molar-refractivity contribution in [1.82, 2.24) is 0 Å². The van der Waals surface area contributed by atoms with Gasteiger partial charge in [0.2, 0.25) is 0 Å². The highest BCUT2D eigenvalue weighted by Crippen LogP contribution is 2.49. The van der Waals surface area contributed by atoms with Gasteiger partial charge in [-0.15, -0.1) is 0 Å². The molecule has 1 atom stereocenters. The number of rotatable bonds is 4. The van der Waals surface area contributed by atoms with Crippen molar-refractivity contribution in [3.05, 3.63) is 29.3 Å². The van der Waals surface area contributed by atoms with Crippen LogP contribution >= 0.6 is 8.60 Å². The van der Waals surface area contributed by atoms with E-state index in [0.717, 1.165) is 31.6 Å². The van der Waals surface area contributed by atoms with Crippen molar-refractivity contribution in [1.29, 1.82) is 0 Å². The van der Waals surface area contributed by atoms with Crippen LogP contribution in [0.3, 0.4) is 0 Å². The molecule has 1 aliphatic rings. The monoisotopic (exact) mass is 380 g/mol. The quantitative estimate of drug-likeness (QED) is 0.520. The van der Waals surface area contributed by atoms with Crippen LogP contribution in [0, 0.1) is 5.41 Å². The minimum absolute atomic E-state index is 0.00558. The molecule has 1 unspecified atom stereocenters. The second kappa shape index (κ2) is 8.17. The fraction of sp³-hybridized carbons (Fsp3) is 0.727. The van der Waals surface area contributed by atoms with E-state index >= 15 is 0 Å². The zero-order valence-corrected chi connectivity index (χ0v) is 18.8. The smallest absolute Gasteiger partial charge is 0.397 e. The van der Waals surface area contributed by atoms with Crippen LogP contribution in [0.4, 0.5) is 0 Å². The molecule has 1 aromatic rings. The highest BCUT2D eigenvalue weighted by atomic mass is 31.2. The molecule has 0 saturated carbocycles. The van der Waals surface area contributed by atoms with Crippen LogP contribution in [-0.2, 0) is 19.9 Å². The fourth-order valence-corrected chi connectivity index (χ4v) is 4.36. The Morgan fingerprint density at radius 1 is 1.00 bits per heavy atom. The molecule has 1 heterocycles. The molecule has 0 aliphatic carbocycles. The summed E-state index contributed by atoms with van der Waals surface area (Å²) in [5.41, 5.74) is 2.86. The first-order chi connectivity index (χ1) is 12.0. The summed E-state index contributed by atoms with van der Waals surface area (Å²) in [6, 6.07) is 6.54. The lowest BCUT2D eigenvalue weighted by Gasteiger charge is -2.29. The molecule has 1 aliphatic heterocycles. The molecule has 3 nitrogen and oxygen atoms in total. The lowest BCUT2D eigenvalue weighted by atomic mass is 9.80. The van der Waals surface area contributed by atoms with Crippen molar-refractivity contribution in [2.75, 3.05) is 13.2 Å². The molecule has 0 radical (unpaired) electrons. The van der Waals surface area contributed by atoms with Gasteiger partial charge >= 0.3 is 8.60 Å². The van der Waals surface area contributed by atoms with E-state index in [1.165, 1.54) is 11.1 Å². The average molecular weight is 381 g/mol. The molecule has 26 heavy (non-hydrogen) atoms. The molecule has 0 amide bonds. The van der Waals surface area contributed by atoms with E-state index in [4.69, 9.17) is 13.6 Å². The lowest BCUT2D eigenvalue weighted by Crippen LogP contribution is -2.24. The molecular formula is C22H37O3P. The summed E-state index contributed by atoms with van der Waals surface area (Å²) >= 11 is 0. The predicted octanol–water partition coefficient (Wildman–Crippen LogP) is 7.13. The van der Waals surface area contributed by atoms with E-state index in [2.05, 4.69) is 73.6 Å². The van der Waals surface area contributed by atoms with Crippen molar-refractivity contribution in [3.63, 3.8) is 0 Å². The van der Waals surface area contributed by atoms with Crippen molar-refractivity contribution in [3.8, 4) is 5.75 Å². The maximum atomic E-state index is 6.26. The molecule has 2 rings (SSSR count). The Morgan fingerprint density at radius 3 is 2.19 bits per heavy atom. The lowest BCUT2D eigenvalue weighted by molar-refractivity contribution is 0.137. The van der Waals surface area contributed by atoms with E-state index in [9.17, 15) is 0 Å². The van der Waals surface area contributed by atoms with Gasteiger partial charge in [0, 0.05) is 5.56 Å². The molecule has 1 fully saturated rings. The third kappa shape index (κ3) is 5.21. The topological polar surface area (TPSA) is 27.7 Å². The van der Waals surface area contributed by atoms with E-state index < -0.39 is 8.60 Å². The van der Waals surface area contributed by atoms with Crippen LogP contribution in [0.1, 0.15) is 85.8 Å². The highest BCUT2D eigenvalue weighted by Gasteiger charge is 2.34. The number of hydrogen-bond acceptors (Lipinski definition) is 3. The SMILES string of the molecule is CCC1(CC)CCOP(Oc2ccc(C(C)(C)C)cc2C(C)(C)C)OC1. The van der Waals surface area contributed by atoms with E-state index in [1.807, 2.05) is 0 Å². The highest BCUT2D eigenvalue weighted by molar-refractivity contribution is 7.42. The van der Waals surface area contributed by atoms with Gasteiger partial charge in [0.15, 0.2) is 0 Å². The van der Waals surface area contributed by atoms with Gasteiger partial charge in [-0.05, 0) is 47.1 Å². The van der Waals surface area contributed by atoms with Gasteiger partial charge in [-0.2, -0.15) is 0 Å². The van der Waals surface area contributed by atoms with Gasteiger partial charge in [-0.3, -0.25) is 0 Å². The molecule has 0 spiro atoms. The fourth-order valence-electron chi connectivity index (χ4n) is 3.24. The van der Waals surface area contributed by atoms with Crippen LogP contribution in [-0.4, -0.2) is 13.2 Å². The second-order valence-corrected chi connectivity index (χ2v) is 10.7. The summed E-state index contributed by atoms with van der Waals surface area (Å²) in [7, 11) is -1.35. The third-order valence-corrected chi connectivity index (χ3v) is 6.71. The standard InChI is InChI=1S/C22H37O3P/c1-9-22(10-2)13-14-23-26(24-16-22)25-19-12-11-17(20(3,4)5)15-18(19)21(6,7)8/h11-12,15H,9-10,13-14,16H2,1-8H3. The number of hydrogen-bond donors (Lipinski definition) is 0. The summed E-state index contributed by atoms with van der Waals surface area (Å²) in [4.78, 5) is 0. The van der Waals surface area contributed by atoms with Crippen molar-refractivity contribution in [2.24, 2.45) is 5.41 Å². The molecule has 0 N–H and O–H groups in total. The van der Waals surface area contributed by atoms with Gasteiger partial charge in [0.05, 0.1) is 13.2 Å². The number of benzene rings is 1. The van der Waals surface area contributed by atoms with E-state index in [-0.39, 0.29) is 16.2 Å². The second-order valence-electron chi connectivity index (χ2n) is 9.59. The van der Waals surface area contributed by atoms with Gasteiger partial charge in [-0.25, -0.2) is 0 Å². The zero-order valence-electron chi connectivity index (χ0n) is 17.9. The first-order valence-corrected chi connectivity index (χ1v) is 11.0. The summed E-state index contributed by atoms with van der Waals surface area (Å²) < 4.78 is 18.3.